The summed E-state index contributed by atoms with van der Waals surface area (Å²) in [5.41, 5.74) is 12.1. The van der Waals surface area contributed by atoms with Crippen LogP contribution >= 0.6 is 0 Å². The predicted octanol–water partition coefficient (Wildman–Crippen LogP) is 14.1. The second-order valence-electron chi connectivity index (χ2n) is 18.3. The molecule has 13 rings (SSSR count). The first kappa shape index (κ1) is 37.7. The SMILES string of the molecule is CC1(C)c2cc(-c3c4ccccc4c(-c4cccc5oc6cc([Si](c7ccccc7)(c7ccccc7)c7ccccc7)ccc6c45)c4ccccc34)ccc2-c2ccc3ccccc3c21. The normalized spacial score (nSPS) is 13.2. The third-order valence-corrected chi connectivity index (χ3v) is 19.4. The molecule has 0 bridgehead atoms. The Balaban J connectivity index is 1.03. The molecule has 0 N–H and O–H groups in total. The molecule has 1 aromatic heterocycles. The fourth-order valence-corrected chi connectivity index (χ4v) is 16.6. The average Bonchev–Trinajstić information content (AvgIpc) is 3.85. The van der Waals surface area contributed by atoms with E-state index >= 15 is 0 Å². The summed E-state index contributed by atoms with van der Waals surface area (Å²) in [6.07, 6.45) is 0. The van der Waals surface area contributed by atoms with E-state index in [2.05, 4.69) is 244 Å². The molecule has 0 radical (unpaired) electrons. The fourth-order valence-electron chi connectivity index (χ4n) is 11.8. The van der Waals surface area contributed by atoms with Crippen LogP contribution in [0.25, 0.3) is 87.6 Å². The van der Waals surface area contributed by atoms with Crippen molar-refractivity contribution in [3.63, 3.8) is 0 Å². The lowest BCUT2D eigenvalue weighted by Gasteiger charge is -2.34. The van der Waals surface area contributed by atoms with Gasteiger partial charge >= 0.3 is 0 Å². The number of fused-ring (bicyclic) bond motifs is 10. The van der Waals surface area contributed by atoms with Crippen LogP contribution in [0.1, 0.15) is 25.0 Å². The fraction of sp³-hybridized carbons (Fsp3) is 0.0476. The molecule has 0 spiro atoms. The Morgan fingerprint density at radius 1 is 0.354 bits per heavy atom. The maximum absolute atomic E-state index is 7.01. The maximum atomic E-state index is 7.01. The highest BCUT2D eigenvalue weighted by atomic mass is 28.3. The molecule has 1 heterocycles. The molecule has 0 unspecified atom stereocenters. The van der Waals surface area contributed by atoms with Crippen molar-refractivity contribution >= 4 is 83.1 Å². The van der Waals surface area contributed by atoms with E-state index in [1.165, 1.54) is 97.6 Å². The van der Waals surface area contributed by atoms with Crippen molar-refractivity contribution in [1.29, 1.82) is 0 Å². The first-order chi connectivity index (χ1) is 32.0. The summed E-state index contributed by atoms with van der Waals surface area (Å²) >= 11 is 0. The lowest BCUT2D eigenvalue weighted by molar-refractivity contribution is 0.666. The summed E-state index contributed by atoms with van der Waals surface area (Å²) in [7, 11) is -2.76. The van der Waals surface area contributed by atoms with E-state index in [1.54, 1.807) is 0 Å². The quantitative estimate of drug-likeness (QED) is 0.0923. The van der Waals surface area contributed by atoms with Crippen molar-refractivity contribution in [1.82, 2.24) is 0 Å². The molecular weight excluding hydrogens is 801 g/mol. The molecule has 12 aromatic rings. The van der Waals surface area contributed by atoms with E-state index in [0.29, 0.717) is 0 Å². The van der Waals surface area contributed by atoms with Gasteiger partial charge in [-0.25, -0.2) is 0 Å². The zero-order valence-corrected chi connectivity index (χ0v) is 37.3. The Labute approximate surface area is 379 Å². The molecule has 0 aliphatic heterocycles. The molecule has 11 aromatic carbocycles. The minimum absolute atomic E-state index is 0.156. The average molecular weight is 845 g/mol. The summed E-state index contributed by atoms with van der Waals surface area (Å²) in [5.74, 6) is 0. The maximum Gasteiger partial charge on any atom is 0.179 e. The second kappa shape index (κ2) is 14.4. The number of hydrogen-bond donors (Lipinski definition) is 0. The van der Waals surface area contributed by atoms with Crippen molar-refractivity contribution in [2.75, 3.05) is 0 Å². The van der Waals surface area contributed by atoms with E-state index in [1.807, 2.05) is 0 Å². The largest absolute Gasteiger partial charge is 0.456 e. The van der Waals surface area contributed by atoms with Gasteiger partial charge in [0.05, 0.1) is 0 Å². The third kappa shape index (κ3) is 5.44. The topological polar surface area (TPSA) is 13.1 Å². The Hall–Kier alpha value is -7.78. The zero-order valence-electron chi connectivity index (χ0n) is 36.3. The van der Waals surface area contributed by atoms with E-state index < -0.39 is 8.07 Å². The van der Waals surface area contributed by atoms with Gasteiger partial charge in [0.1, 0.15) is 11.2 Å². The van der Waals surface area contributed by atoms with Crippen molar-refractivity contribution in [3.8, 4) is 33.4 Å². The molecule has 65 heavy (non-hydrogen) atoms. The van der Waals surface area contributed by atoms with Crippen LogP contribution in [0.4, 0.5) is 0 Å². The van der Waals surface area contributed by atoms with Crippen LogP contribution in [0.3, 0.4) is 0 Å². The molecular formula is C63H44OSi. The van der Waals surface area contributed by atoms with Crippen LogP contribution in [0.15, 0.2) is 235 Å². The smallest absolute Gasteiger partial charge is 0.179 e. The van der Waals surface area contributed by atoms with Crippen LogP contribution in [0.5, 0.6) is 0 Å². The van der Waals surface area contributed by atoms with Gasteiger partial charge in [0, 0.05) is 16.2 Å². The van der Waals surface area contributed by atoms with Gasteiger partial charge < -0.3 is 4.42 Å². The van der Waals surface area contributed by atoms with Gasteiger partial charge in [-0.05, 0) is 116 Å². The monoisotopic (exact) mass is 844 g/mol. The molecule has 0 atom stereocenters. The van der Waals surface area contributed by atoms with Gasteiger partial charge in [-0.15, -0.1) is 0 Å². The third-order valence-electron chi connectivity index (χ3n) is 14.6. The van der Waals surface area contributed by atoms with Crippen molar-refractivity contribution in [3.05, 3.63) is 242 Å². The molecule has 0 amide bonds. The van der Waals surface area contributed by atoms with Crippen LogP contribution in [-0.4, -0.2) is 8.07 Å². The first-order valence-corrected chi connectivity index (χ1v) is 24.8. The Bertz CT molecular complexity index is 3690. The van der Waals surface area contributed by atoms with Crippen LogP contribution in [0, 0.1) is 0 Å². The highest BCUT2D eigenvalue weighted by molar-refractivity contribution is 7.20. The Kier molecular flexibility index (Phi) is 8.34. The highest BCUT2D eigenvalue weighted by Gasteiger charge is 2.42. The molecule has 1 aliphatic rings. The van der Waals surface area contributed by atoms with E-state index in [-0.39, 0.29) is 5.41 Å². The predicted molar refractivity (Wildman–Crippen MR) is 278 cm³/mol. The lowest BCUT2D eigenvalue weighted by atomic mass is 9.79. The second-order valence-corrected chi connectivity index (χ2v) is 22.1. The number of rotatable bonds is 6. The van der Waals surface area contributed by atoms with E-state index in [0.717, 1.165) is 21.9 Å². The van der Waals surface area contributed by atoms with Crippen LogP contribution in [0.2, 0.25) is 0 Å². The first-order valence-electron chi connectivity index (χ1n) is 22.8. The number of furan rings is 1. The number of hydrogen-bond acceptors (Lipinski definition) is 1. The van der Waals surface area contributed by atoms with Gasteiger partial charge in [-0.2, -0.15) is 0 Å². The lowest BCUT2D eigenvalue weighted by Crippen LogP contribution is -2.74. The van der Waals surface area contributed by atoms with Gasteiger partial charge in [0.15, 0.2) is 8.07 Å². The minimum Gasteiger partial charge on any atom is -0.456 e. The molecule has 0 saturated carbocycles. The molecule has 0 fully saturated rings. The molecule has 0 saturated heterocycles. The van der Waals surface area contributed by atoms with Gasteiger partial charge in [-0.1, -0.05) is 226 Å². The standard InChI is InChI=1S/C63H44OSi/c1-63(2)56-39-42(34-36-48(56)53-37-33-41-19-12-13-26-47(41)62(53)63)59-49-27-14-16-29-51(49)60(52-30-17-15-28-50(52)59)55-31-18-32-57-61(55)54-38-35-46(40-58(54)64-57)65(43-20-6-3-7-21-43,44-22-8-4-9-23-44)45-24-10-5-11-25-45/h3-40H,1-2H3. The Morgan fingerprint density at radius 2 is 0.892 bits per heavy atom. The van der Waals surface area contributed by atoms with Gasteiger partial charge in [0.25, 0.3) is 0 Å². The summed E-state index contributed by atoms with van der Waals surface area (Å²) in [6.45, 7) is 4.80. The van der Waals surface area contributed by atoms with Crippen LogP contribution < -0.4 is 20.7 Å². The molecule has 1 aliphatic carbocycles. The summed E-state index contributed by atoms with van der Waals surface area (Å²) in [4.78, 5) is 0. The highest BCUT2D eigenvalue weighted by Crippen LogP contribution is 2.53. The zero-order chi connectivity index (χ0) is 43.3. The molecule has 2 heteroatoms. The van der Waals surface area contributed by atoms with Crippen LogP contribution in [-0.2, 0) is 5.41 Å². The van der Waals surface area contributed by atoms with Crippen molar-refractivity contribution < 1.29 is 4.42 Å². The minimum atomic E-state index is -2.76. The molecule has 306 valence electrons. The van der Waals surface area contributed by atoms with Crippen molar-refractivity contribution in [2.24, 2.45) is 0 Å². The number of benzene rings is 11. The summed E-state index contributed by atoms with van der Waals surface area (Å²) < 4.78 is 7.01. The van der Waals surface area contributed by atoms with Gasteiger partial charge in [-0.3, -0.25) is 0 Å². The van der Waals surface area contributed by atoms with Crippen molar-refractivity contribution in [2.45, 2.75) is 19.3 Å². The van der Waals surface area contributed by atoms with E-state index in [4.69, 9.17) is 4.42 Å². The molecule has 1 nitrogen and oxygen atoms in total. The summed E-state index contributed by atoms with van der Waals surface area (Å²) in [6, 6.07) is 85.8. The van der Waals surface area contributed by atoms with Gasteiger partial charge in [0.2, 0.25) is 0 Å². The summed E-state index contributed by atoms with van der Waals surface area (Å²) in [5, 5.41) is 15.2. The Morgan fingerprint density at radius 3 is 1.51 bits per heavy atom. The van der Waals surface area contributed by atoms with E-state index in [9.17, 15) is 0 Å².